The Morgan fingerprint density at radius 1 is 1.42 bits per heavy atom. The number of amides is 2. The van der Waals surface area contributed by atoms with Crippen molar-refractivity contribution in [3.05, 3.63) is 29.8 Å². The summed E-state index contributed by atoms with van der Waals surface area (Å²) in [6.07, 6.45) is -0.320. The molecule has 2 amide bonds. The molecule has 0 saturated carbocycles. The molecule has 0 aromatic heterocycles. The number of carbonyl (C=O) groups excluding carboxylic acids is 2. The summed E-state index contributed by atoms with van der Waals surface area (Å²) < 4.78 is 11.0. The summed E-state index contributed by atoms with van der Waals surface area (Å²) >= 11 is 0. The van der Waals surface area contributed by atoms with Crippen LogP contribution in [0.5, 0.6) is 5.75 Å². The lowest BCUT2D eigenvalue weighted by atomic mass is 10.1. The highest BCUT2D eigenvalue weighted by Crippen LogP contribution is 2.15. The molecule has 24 heavy (non-hydrogen) atoms. The van der Waals surface area contributed by atoms with Crippen LogP contribution in [0.4, 0.5) is 0 Å². The molecular formula is C17H25N3O4. The Morgan fingerprint density at radius 2 is 2.21 bits per heavy atom. The van der Waals surface area contributed by atoms with Gasteiger partial charge in [0.1, 0.15) is 12.4 Å². The van der Waals surface area contributed by atoms with Crippen molar-refractivity contribution < 1.29 is 19.1 Å². The second-order valence-corrected chi connectivity index (χ2v) is 5.89. The summed E-state index contributed by atoms with van der Waals surface area (Å²) in [6, 6.07) is 7.42. The minimum absolute atomic E-state index is 0.0224. The third kappa shape index (κ3) is 4.94. The molecule has 0 radical (unpaired) electrons. The molecule has 1 aromatic carbocycles. The molecule has 1 atom stereocenters. The predicted octanol–water partition coefficient (Wildman–Crippen LogP) is -0.118. The molecule has 0 spiro atoms. The molecule has 0 bridgehead atoms. The van der Waals surface area contributed by atoms with E-state index < -0.39 is 6.10 Å². The molecule has 0 aliphatic carbocycles. The standard InChI is InChI=1S/C17H25N3O4/c1-19(2)17(22)15-12-20(7-9-24-15)16(21)11-13-4-3-5-14(10-13)23-8-6-18/h3-5,10,15H,6-9,11-12,18H2,1-2H3. The second kappa shape index (κ2) is 8.65. The molecule has 1 fully saturated rings. The van der Waals surface area contributed by atoms with Gasteiger partial charge in [-0.3, -0.25) is 9.59 Å². The van der Waals surface area contributed by atoms with Crippen LogP contribution in [0.3, 0.4) is 0 Å². The topological polar surface area (TPSA) is 85.1 Å². The van der Waals surface area contributed by atoms with Crippen molar-refractivity contribution in [1.29, 1.82) is 0 Å². The van der Waals surface area contributed by atoms with E-state index in [1.54, 1.807) is 19.0 Å². The Morgan fingerprint density at radius 3 is 2.92 bits per heavy atom. The van der Waals surface area contributed by atoms with Gasteiger partial charge in [-0.25, -0.2) is 0 Å². The first-order chi connectivity index (χ1) is 11.5. The lowest BCUT2D eigenvalue weighted by Crippen LogP contribution is -2.51. The van der Waals surface area contributed by atoms with Gasteiger partial charge in [0.2, 0.25) is 5.91 Å². The minimum atomic E-state index is -0.586. The molecule has 132 valence electrons. The maximum Gasteiger partial charge on any atom is 0.253 e. The van der Waals surface area contributed by atoms with Crippen LogP contribution in [-0.4, -0.2) is 74.7 Å². The minimum Gasteiger partial charge on any atom is -0.492 e. The normalized spacial score (nSPS) is 17.5. The Hall–Kier alpha value is -2.12. The lowest BCUT2D eigenvalue weighted by Gasteiger charge is -2.33. The fourth-order valence-electron chi connectivity index (χ4n) is 2.52. The molecule has 7 nitrogen and oxygen atoms in total. The van der Waals surface area contributed by atoms with E-state index in [0.29, 0.717) is 38.6 Å². The van der Waals surface area contributed by atoms with E-state index in [-0.39, 0.29) is 18.2 Å². The zero-order chi connectivity index (χ0) is 17.5. The van der Waals surface area contributed by atoms with Crippen LogP contribution < -0.4 is 10.5 Å². The Balaban J connectivity index is 1.95. The maximum absolute atomic E-state index is 12.5. The van der Waals surface area contributed by atoms with E-state index >= 15 is 0 Å². The van der Waals surface area contributed by atoms with E-state index in [1.807, 2.05) is 24.3 Å². The summed E-state index contributed by atoms with van der Waals surface area (Å²) in [7, 11) is 3.36. The van der Waals surface area contributed by atoms with E-state index in [9.17, 15) is 9.59 Å². The fraction of sp³-hybridized carbons (Fsp3) is 0.529. The molecule has 1 aliphatic rings. The number of hydrogen-bond acceptors (Lipinski definition) is 5. The van der Waals surface area contributed by atoms with Gasteiger partial charge in [-0.05, 0) is 17.7 Å². The number of nitrogens with two attached hydrogens (primary N) is 1. The zero-order valence-corrected chi connectivity index (χ0v) is 14.2. The van der Waals surface area contributed by atoms with Crippen molar-refractivity contribution in [2.24, 2.45) is 5.73 Å². The van der Waals surface area contributed by atoms with Gasteiger partial charge in [-0.1, -0.05) is 12.1 Å². The van der Waals surface area contributed by atoms with Crippen LogP contribution in [0, 0.1) is 0 Å². The van der Waals surface area contributed by atoms with Gasteiger partial charge in [-0.15, -0.1) is 0 Å². The van der Waals surface area contributed by atoms with Crippen molar-refractivity contribution in [3.8, 4) is 5.75 Å². The average Bonchev–Trinajstić information content (AvgIpc) is 2.59. The molecule has 1 saturated heterocycles. The summed E-state index contributed by atoms with van der Waals surface area (Å²) in [5.41, 5.74) is 6.29. The molecule has 7 heteroatoms. The number of carbonyl (C=O) groups is 2. The van der Waals surface area contributed by atoms with Crippen molar-refractivity contribution >= 4 is 11.8 Å². The smallest absolute Gasteiger partial charge is 0.253 e. The second-order valence-electron chi connectivity index (χ2n) is 5.89. The van der Waals surface area contributed by atoms with E-state index in [0.717, 1.165) is 5.56 Å². The van der Waals surface area contributed by atoms with Crippen molar-refractivity contribution in [1.82, 2.24) is 9.80 Å². The number of ether oxygens (including phenoxy) is 2. The molecule has 1 aromatic rings. The molecule has 1 aliphatic heterocycles. The molecule has 2 N–H and O–H groups in total. The highest BCUT2D eigenvalue weighted by molar-refractivity contribution is 5.83. The van der Waals surface area contributed by atoms with Gasteiger partial charge in [0.15, 0.2) is 6.10 Å². The van der Waals surface area contributed by atoms with Crippen LogP contribution >= 0.6 is 0 Å². The van der Waals surface area contributed by atoms with Gasteiger partial charge in [-0.2, -0.15) is 0 Å². The van der Waals surface area contributed by atoms with Gasteiger partial charge >= 0.3 is 0 Å². The third-order valence-corrected chi connectivity index (χ3v) is 3.78. The van der Waals surface area contributed by atoms with Crippen molar-refractivity contribution in [2.75, 3.05) is 46.9 Å². The van der Waals surface area contributed by atoms with Crippen LogP contribution in [0.2, 0.25) is 0 Å². The average molecular weight is 335 g/mol. The van der Waals surface area contributed by atoms with Crippen LogP contribution in [0.1, 0.15) is 5.56 Å². The number of benzene rings is 1. The third-order valence-electron chi connectivity index (χ3n) is 3.78. The maximum atomic E-state index is 12.5. The van der Waals surface area contributed by atoms with Crippen LogP contribution in [-0.2, 0) is 20.7 Å². The Labute approximate surface area is 142 Å². The number of nitrogens with zero attached hydrogens (tertiary/aromatic N) is 2. The van der Waals surface area contributed by atoms with E-state index in [1.165, 1.54) is 4.90 Å². The zero-order valence-electron chi connectivity index (χ0n) is 14.2. The first kappa shape index (κ1) is 18.2. The van der Waals surface area contributed by atoms with Crippen LogP contribution in [0.25, 0.3) is 0 Å². The predicted molar refractivity (Wildman–Crippen MR) is 89.7 cm³/mol. The largest absolute Gasteiger partial charge is 0.492 e. The first-order valence-electron chi connectivity index (χ1n) is 8.03. The van der Waals surface area contributed by atoms with E-state index in [4.69, 9.17) is 15.2 Å². The number of rotatable bonds is 6. The monoisotopic (exact) mass is 335 g/mol. The van der Waals surface area contributed by atoms with Crippen molar-refractivity contribution in [3.63, 3.8) is 0 Å². The first-order valence-corrected chi connectivity index (χ1v) is 8.03. The number of morpholine rings is 1. The van der Waals surface area contributed by atoms with Crippen molar-refractivity contribution in [2.45, 2.75) is 12.5 Å². The molecule has 1 unspecified atom stereocenters. The summed E-state index contributed by atoms with van der Waals surface area (Å²) in [5, 5.41) is 0. The van der Waals surface area contributed by atoms with Gasteiger partial charge < -0.3 is 25.0 Å². The number of hydrogen-bond donors (Lipinski definition) is 1. The van der Waals surface area contributed by atoms with Gasteiger partial charge in [0.05, 0.1) is 19.6 Å². The summed E-state index contributed by atoms with van der Waals surface area (Å²) in [6.45, 7) is 2.04. The molecule has 1 heterocycles. The quantitative estimate of drug-likeness (QED) is 0.784. The fourth-order valence-corrected chi connectivity index (χ4v) is 2.52. The Bertz CT molecular complexity index is 577. The summed E-state index contributed by atoms with van der Waals surface area (Å²) in [5.74, 6) is 0.559. The summed E-state index contributed by atoms with van der Waals surface area (Å²) in [4.78, 5) is 27.7. The molecule has 2 rings (SSSR count). The highest BCUT2D eigenvalue weighted by Gasteiger charge is 2.30. The molecular weight excluding hydrogens is 310 g/mol. The van der Waals surface area contributed by atoms with E-state index in [2.05, 4.69) is 0 Å². The lowest BCUT2D eigenvalue weighted by molar-refractivity contribution is -0.152. The van der Waals surface area contributed by atoms with Crippen LogP contribution in [0.15, 0.2) is 24.3 Å². The van der Waals surface area contributed by atoms with Gasteiger partial charge in [0, 0.05) is 27.2 Å². The SMILES string of the molecule is CN(C)C(=O)C1CN(C(=O)Cc2cccc(OCCN)c2)CCO1. The van der Waals surface area contributed by atoms with Gasteiger partial charge in [0.25, 0.3) is 5.91 Å². The Kier molecular flexibility index (Phi) is 6.57. The number of likely N-dealkylation sites (N-methyl/N-ethyl adjacent to an activating group) is 1. The highest BCUT2D eigenvalue weighted by atomic mass is 16.5.